The molecule has 0 aromatic heterocycles. The third kappa shape index (κ3) is 54.4. The molecule has 4 N–H and O–H groups in total. The second kappa shape index (κ2) is 24.7. The zero-order valence-electron chi connectivity index (χ0n) is 38.0. The molecule has 6 nitrogen and oxygen atoms in total. The molecule has 0 aliphatic carbocycles. The lowest BCUT2D eigenvalue weighted by Crippen LogP contribution is -2.35. The summed E-state index contributed by atoms with van der Waals surface area (Å²) in [4.78, 5) is 22.8. The molecule has 0 spiro atoms. The Bertz CT molecular complexity index is 1140. The Kier molecular flexibility index (Phi) is 26.7. The molecule has 0 unspecified atom stereocenters. The fourth-order valence-electron chi connectivity index (χ4n) is 2.87. The maximum Gasteiger partial charge on any atom is 0.226 e. The molecule has 2 amide bonds. The lowest BCUT2D eigenvalue weighted by atomic mass is 9.95. The summed E-state index contributed by atoms with van der Waals surface area (Å²) in [5.41, 5.74) is 0.398. The van der Waals surface area contributed by atoms with Crippen molar-refractivity contribution in [1.82, 2.24) is 21.3 Å². The molecule has 0 aromatic carbocycles. The van der Waals surface area contributed by atoms with Gasteiger partial charge in [0.1, 0.15) is 0 Å². The number of amides is 2. The predicted octanol–water partition coefficient (Wildman–Crippen LogP) is 9.96. The Morgan fingerprint density at radius 2 is 0.922 bits per heavy atom. The van der Waals surface area contributed by atoms with E-state index in [1.54, 1.807) is 0 Å². The monoisotopic (exact) mass is 715 g/mol. The number of hydrogen-bond acceptors (Lipinski definition) is 4. The number of hydrogen-bond donors (Lipinski definition) is 4. The summed E-state index contributed by atoms with van der Waals surface area (Å²) in [6.45, 7) is 50.6. The summed E-state index contributed by atoms with van der Waals surface area (Å²) in [5.74, 6) is 12.7. The van der Waals surface area contributed by atoms with Gasteiger partial charge in [0.15, 0.2) is 0 Å². The average molecular weight is 715 g/mol. The van der Waals surface area contributed by atoms with Gasteiger partial charge in [0.05, 0.1) is 13.1 Å². The van der Waals surface area contributed by atoms with Crippen LogP contribution in [0.25, 0.3) is 0 Å². The van der Waals surface area contributed by atoms with Crippen molar-refractivity contribution in [3.05, 3.63) is 24.3 Å². The molecular weight excluding hydrogens is 629 g/mol. The van der Waals surface area contributed by atoms with Gasteiger partial charge < -0.3 is 21.3 Å². The Balaban J connectivity index is -0.000000289. The van der Waals surface area contributed by atoms with Gasteiger partial charge in [-0.25, -0.2) is 0 Å². The largest absolute Gasteiger partial charge is 0.352 e. The third-order valence-electron chi connectivity index (χ3n) is 5.63. The molecule has 0 aromatic rings. The highest BCUT2D eigenvalue weighted by Crippen LogP contribution is 2.16. The maximum atomic E-state index is 11.4. The van der Waals surface area contributed by atoms with Gasteiger partial charge in [0.25, 0.3) is 0 Å². The number of nitrogens with one attached hydrogen (secondary N) is 4. The maximum absolute atomic E-state index is 11.4. The lowest BCUT2D eigenvalue weighted by molar-refractivity contribution is -0.128. The number of allylic oxidation sites excluding steroid dienone is 2. The molecule has 0 radical (unpaired) electrons. The number of carbonyl (C=O) groups is 2. The first-order chi connectivity index (χ1) is 22.4. The van der Waals surface area contributed by atoms with Crippen molar-refractivity contribution in [2.45, 2.75) is 170 Å². The lowest BCUT2D eigenvalue weighted by Gasteiger charge is -2.19. The molecule has 0 aliphatic heterocycles. The molecule has 0 atom stereocenters. The van der Waals surface area contributed by atoms with Gasteiger partial charge in [0.2, 0.25) is 11.8 Å². The molecule has 0 saturated heterocycles. The van der Waals surface area contributed by atoms with E-state index in [2.05, 4.69) is 167 Å². The summed E-state index contributed by atoms with van der Waals surface area (Å²) >= 11 is 0. The van der Waals surface area contributed by atoms with Crippen LogP contribution in [-0.4, -0.2) is 49.1 Å². The first-order valence-electron chi connectivity index (χ1n) is 18.8. The Hall–Kier alpha value is -2.54. The zero-order valence-corrected chi connectivity index (χ0v) is 38.0. The van der Waals surface area contributed by atoms with Gasteiger partial charge in [-0.3, -0.25) is 9.59 Å². The van der Waals surface area contributed by atoms with Crippen LogP contribution in [0, 0.1) is 56.7 Å². The minimum atomic E-state index is -0.320. The molecule has 0 heterocycles. The van der Waals surface area contributed by atoms with E-state index in [0.29, 0.717) is 24.4 Å². The fourth-order valence-corrected chi connectivity index (χ4v) is 2.87. The Morgan fingerprint density at radius 3 is 1.25 bits per heavy atom. The van der Waals surface area contributed by atoms with Gasteiger partial charge in [0, 0.05) is 46.3 Å². The van der Waals surface area contributed by atoms with Crippen LogP contribution in [0.4, 0.5) is 0 Å². The van der Waals surface area contributed by atoms with Crippen molar-refractivity contribution in [2.75, 3.05) is 26.2 Å². The van der Waals surface area contributed by atoms with E-state index >= 15 is 0 Å². The van der Waals surface area contributed by atoms with Crippen LogP contribution in [0.5, 0.6) is 0 Å². The summed E-state index contributed by atoms with van der Waals surface area (Å²) in [5, 5.41) is 12.4. The second-order valence-corrected chi connectivity index (χ2v) is 20.7. The van der Waals surface area contributed by atoms with E-state index in [9.17, 15) is 9.59 Å². The SMILES string of the molecule is CC(C)(C)/C=C/CNC(=O)C(C)(C)C.CC(C)(C)/C=C/CNC(C)(C)C.CC(C)(C)C#CCNC(C)(C)C.CC(C)C#CCNC(=O)C(C)(C)C. The van der Waals surface area contributed by atoms with Crippen LogP contribution < -0.4 is 21.3 Å². The van der Waals surface area contributed by atoms with Gasteiger partial charge >= 0.3 is 0 Å². The summed E-state index contributed by atoms with van der Waals surface area (Å²) in [7, 11) is 0. The van der Waals surface area contributed by atoms with Crippen molar-refractivity contribution < 1.29 is 9.59 Å². The molecule has 0 saturated carbocycles. The normalized spacial score (nSPS) is 12.5. The minimum Gasteiger partial charge on any atom is -0.352 e. The van der Waals surface area contributed by atoms with Crippen LogP contribution in [0.15, 0.2) is 24.3 Å². The molecule has 0 aliphatic rings. The van der Waals surface area contributed by atoms with Crippen LogP contribution in [0.1, 0.15) is 159 Å². The standard InChI is InChI=1S/C12H23NO.C11H19NO.C11H23N.C11H21N/c1-11(2,3)8-7-9-13-10(14)12(4,5)6;1-9(2)7-6-8-12-10(13)11(3,4)5;2*1-10(2,3)8-7-9-12-11(4,5)6/h7-8H,9H2,1-6H3,(H,13,14);9H,8H2,1-5H3,(H,12,13);7-8,12H,9H2,1-6H3;12H,9H2,1-6H3/b8-7+;;8-7+;. The zero-order chi connectivity index (χ0) is 41.5. The van der Waals surface area contributed by atoms with E-state index in [0.717, 1.165) is 13.1 Å². The second-order valence-electron chi connectivity index (χ2n) is 20.7. The van der Waals surface area contributed by atoms with E-state index in [-0.39, 0.29) is 44.6 Å². The highest BCUT2D eigenvalue weighted by molar-refractivity contribution is 5.81. The molecular formula is C45H86N4O2. The van der Waals surface area contributed by atoms with Gasteiger partial charge in [-0.2, -0.15) is 0 Å². The molecule has 6 heteroatoms. The number of rotatable bonds is 6. The molecule has 0 bridgehead atoms. The fraction of sp³-hybridized carbons (Fsp3) is 0.778. The van der Waals surface area contributed by atoms with Crippen molar-refractivity contribution in [1.29, 1.82) is 0 Å². The molecule has 0 fully saturated rings. The van der Waals surface area contributed by atoms with Crippen LogP contribution in [0.3, 0.4) is 0 Å². The minimum absolute atomic E-state index is 0.0468. The van der Waals surface area contributed by atoms with Crippen LogP contribution in [0.2, 0.25) is 0 Å². The number of carbonyl (C=O) groups excluding carboxylic acids is 2. The first-order valence-corrected chi connectivity index (χ1v) is 18.8. The molecule has 51 heavy (non-hydrogen) atoms. The van der Waals surface area contributed by atoms with Crippen molar-refractivity contribution in [2.24, 2.45) is 33.0 Å². The quantitative estimate of drug-likeness (QED) is 0.163. The first kappa shape index (κ1) is 55.2. The van der Waals surface area contributed by atoms with Crippen LogP contribution in [-0.2, 0) is 9.59 Å². The third-order valence-corrected chi connectivity index (χ3v) is 5.63. The Labute approximate surface area is 319 Å². The predicted molar refractivity (Wildman–Crippen MR) is 227 cm³/mol. The van der Waals surface area contributed by atoms with Gasteiger partial charge in [-0.05, 0) is 73.1 Å². The average Bonchev–Trinajstić information content (AvgIpc) is 2.87. The summed E-state index contributed by atoms with van der Waals surface area (Å²) < 4.78 is 0. The highest BCUT2D eigenvalue weighted by atomic mass is 16.2. The summed E-state index contributed by atoms with van der Waals surface area (Å²) in [6, 6.07) is 0. The van der Waals surface area contributed by atoms with E-state index in [4.69, 9.17) is 0 Å². The van der Waals surface area contributed by atoms with E-state index in [1.807, 2.05) is 61.5 Å². The molecule has 0 rings (SSSR count). The van der Waals surface area contributed by atoms with Gasteiger partial charge in [-0.15, -0.1) is 0 Å². The van der Waals surface area contributed by atoms with E-state index in [1.165, 1.54) is 0 Å². The Morgan fingerprint density at radius 1 is 0.529 bits per heavy atom. The highest BCUT2D eigenvalue weighted by Gasteiger charge is 2.20. The van der Waals surface area contributed by atoms with E-state index < -0.39 is 0 Å². The van der Waals surface area contributed by atoms with Crippen molar-refractivity contribution in [3.8, 4) is 23.7 Å². The summed E-state index contributed by atoms with van der Waals surface area (Å²) in [6.07, 6.45) is 8.55. The van der Waals surface area contributed by atoms with Crippen LogP contribution >= 0.6 is 0 Å². The molecule has 298 valence electrons. The smallest absolute Gasteiger partial charge is 0.226 e. The van der Waals surface area contributed by atoms with Gasteiger partial charge in [-0.1, -0.05) is 145 Å². The topological polar surface area (TPSA) is 82.3 Å². The van der Waals surface area contributed by atoms with Crippen molar-refractivity contribution >= 4 is 11.8 Å². The van der Waals surface area contributed by atoms with Crippen molar-refractivity contribution in [3.63, 3.8) is 0 Å².